The summed E-state index contributed by atoms with van der Waals surface area (Å²) in [5.41, 5.74) is 6.70. The lowest BCUT2D eigenvalue weighted by Crippen LogP contribution is -2.14. The van der Waals surface area contributed by atoms with Crippen LogP contribution in [0.25, 0.3) is 10.4 Å². The second-order valence-electron chi connectivity index (χ2n) is 5.12. The lowest BCUT2D eigenvalue weighted by Gasteiger charge is -2.02. The molecular weight excluding hydrogens is 358 g/mol. The van der Waals surface area contributed by atoms with Crippen LogP contribution in [0.3, 0.4) is 0 Å². The van der Waals surface area contributed by atoms with Crippen LogP contribution < -0.4 is 15.8 Å². The van der Waals surface area contributed by atoms with Crippen LogP contribution >= 0.6 is 22.7 Å². The second kappa shape index (κ2) is 7.45. The Balaban J connectivity index is 1.81. The molecular formula is C17H15N3O3S2. The highest BCUT2D eigenvalue weighted by Crippen LogP contribution is 2.36. The molecule has 8 heteroatoms. The number of nitrogens with two attached hydrogens (primary N) is 1. The summed E-state index contributed by atoms with van der Waals surface area (Å²) in [6.45, 7) is 0. The molecule has 2 heterocycles. The number of carbonyl (C=O) groups is 2. The van der Waals surface area contributed by atoms with E-state index in [4.69, 9.17) is 10.5 Å². The molecule has 0 spiro atoms. The minimum absolute atomic E-state index is 0.0485. The highest BCUT2D eigenvalue weighted by Gasteiger charge is 2.19. The van der Waals surface area contributed by atoms with Gasteiger partial charge in [0.25, 0.3) is 5.91 Å². The van der Waals surface area contributed by atoms with E-state index >= 15 is 0 Å². The van der Waals surface area contributed by atoms with E-state index in [2.05, 4.69) is 10.3 Å². The zero-order valence-electron chi connectivity index (χ0n) is 13.3. The molecule has 0 bridgehead atoms. The van der Waals surface area contributed by atoms with E-state index in [9.17, 15) is 9.59 Å². The number of benzene rings is 1. The largest absolute Gasteiger partial charge is 0.495 e. The van der Waals surface area contributed by atoms with Gasteiger partial charge in [0.15, 0.2) is 5.13 Å². The van der Waals surface area contributed by atoms with Gasteiger partial charge in [-0.2, -0.15) is 0 Å². The first-order valence-electron chi connectivity index (χ1n) is 7.34. The van der Waals surface area contributed by atoms with E-state index in [0.29, 0.717) is 21.5 Å². The number of methoxy groups -OCH3 is 1. The summed E-state index contributed by atoms with van der Waals surface area (Å²) < 4.78 is 5.34. The van der Waals surface area contributed by atoms with Crippen LogP contribution in [-0.4, -0.2) is 23.9 Å². The number of hydrogen-bond donors (Lipinski definition) is 2. The van der Waals surface area contributed by atoms with Gasteiger partial charge in [-0.05, 0) is 11.6 Å². The van der Waals surface area contributed by atoms with Crippen LogP contribution in [0.2, 0.25) is 0 Å². The predicted octanol–water partition coefficient (Wildman–Crippen LogP) is 3.16. The Morgan fingerprint density at radius 1 is 1.28 bits per heavy atom. The van der Waals surface area contributed by atoms with Crippen LogP contribution in [0.15, 0.2) is 41.8 Å². The molecule has 0 aliphatic heterocycles. The minimum Gasteiger partial charge on any atom is -0.495 e. The van der Waals surface area contributed by atoms with Crippen LogP contribution in [0.5, 0.6) is 5.75 Å². The third-order valence-corrected chi connectivity index (χ3v) is 5.28. The van der Waals surface area contributed by atoms with Crippen molar-refractivity contribution in [3.63, 3.8) is 0 Å². The number of primary amides is 1. The maximum Gasteiger partial charge on any atom is 0.271 e. The lowest BCUT2D eigenvalue weighted by molar-refractivity contribution is -0.117. The molecule has 0 saturated heterocycles. The first kappa shape index (κ1) is 17.1. The van der Waals surface area contributed by atoms with Crippen LogP contribution in [0, 0.1) is 0 Å². The van der Waals surface area contributed by atoms with Gasteiger partial charge in [0, 0.05) is 10.3 Å². The first-order valence-corrected chi connectivity index (χ1v) is 9.03. The van der Waals surface area contributed by atoms with E-state index in [1.165, 1.54) is 29.8 Å². The molecule has 3 N–H and O–H groups in total. The molecule has 0 unspecified atom stereocenters. The molecule has 0 radical (unpaired) electrons. The summed E-state index contributed by atoms with van der Waals surface area (Å²) in [5.74, 6) is -0.255. The number of ether oxygens (including phenoxy) is 1. The number of nitrogens with zero attached hydrogens (tertiary/aromatic N) is 1. The standard InChI is InChI=1S/C17H15N3O3S2/c1-23-12-8-13(10-5-3-2-4-6-10)25-15(12)16(22)20-17-19-11(9-24-17)7-14(18)21/h2-6,8-9H,7H2,1H3,(H2,18,21)(H,19,20,22). The van der Waals surface area contributed by atoms with Gasteiger partial charge in [-0.15, -0.1) is 22.7 Å². The van der Waals surface area contributed by atoms with Crippen molar-refractivity contribution in [3.8, 4) is 16.2 Å². The Hall–Kier alpha value is -2.71. The van der Waals surface area contributed by atoms with Crippen LogP contribution in [-0.2, 0) is 11.2 Å². The highest BCUT2D eigenvalue weighted by molar-refractivity contribution is 7.18. The molecule has 128 valence electrons. The zero-order chi connectivity index (χ0) is 17.8. The van der Waals surface area contributed by atoms with Crippen molar-refractivity contribution in [3.05, 3.63) is 52.3 Å². The fourth-order valence-electron chi connectivity index (χ4n) is 2.21. The van der Waals surface area contributed by atoms with Gasteiger partial charge in [-0.25, -0.2) is 4.98 Å². The maximum absolute atomic E-state index is 12.6. The first-order chi connectivity index (χ1) is 12.1. The Labute approximate surface area is 152 Å². The van der Waals surface area contributed by atoms with Gasteiger partial charge in [0.1, 0.15) is 10.6 Å². The Morgan fingerprint density at radius 2 is 2.04 bits per heavy atom. The Bertz CT molecular complexity index is 903. The average Bonchev–Trinajstić information content (AvgIpc) is 3.22. The average molecular weight is 373 g/mol. The normalized spacial score (nSPS) is 10.4. The molecule has 0 aliphatic carbocycles. The Kier molecular flexibility index (Phi) is 5.11. The van der Waals surface area contributed by atoms with Gasteiger partial charge in [0.05, 0.1) is 19.2 Å². The fraction of sp³-hybridized carbons (Fsp3) is 0.118. The van der Waals surface area contributed by atoms with Crippen molar-refractivity contribution in [1.82, 2.24) is 4.98 Å². The summed E-state index contributed by atoms with van der Waals surface area (Å²) in [6, 6.07) is 11.6. The van der Waals surface area contributed by atoms with Gasteiger partial charge in [-0.1, -0.05) is 30.3 Å². The number of amides is 2. The molecule has 0 aliphatic rings. The molecule has 0 saturated carbocycles. The van der Waals surface area contributed by atoms with E-state index in [1.54, 1.807) is 5.38 Å². The summed E-state index contributed by atoms with van der Waals surface area (Å²) >= 11 is 2.59. The third kappa shape index (κ3) is 4.04. The smallest absolute Gasteiger partial charge is 0.271 e. The maximum atomic E-state index is 12.6. The van der Waals surface area contributed by atoms with Gasteiger partial charge in [-0.3, -0.25) is 14.9 Å². The number of aromatic nitrogens is 1. The van der Waals surface area contributed by atoms with Gasteiger partial charge in [0.2, 0.25) is 5.91 Å². The number of carbonyl (C=O) groups excluding carboxylic acids is 2. The van der Waals surface area contributed by atoms with Crippen molar-refractivity contribution in [2.24, 2.45) is 5.73 Å². The molecule has 2 amide bonds. The number of hydrogen-bond acceptors (Lipinski definition) is 6. The van der Waals surface area contributed by atoms with E-state index in [-0.39, 0.29) is 12.3 Å². The molecule has 2 aromatic heterocycles. The summed E-state index contributed by atoms with van der Waals surface area (Å²) in [6.07, 6.45) is 0.0485. The summed E-state index contributed by atoms with van der Waals surface area (Å²) in [7, 11) is 1.53. The van der Waals surface area contributed by atoms with Crippen molar-refractivity contribution in [2.75, 3.05) is 12.4 Å². The van der Waals surface area contributed by atoms with Gasteiger partial charge >= 0.3 is 0 Å². The molecule has 3 rings (SSSR count). The van der Waals surface area contributed by atoms with Crippen LogP contribution in [0.1, 0.15) is 15.4 Å². The number of thiophene rings is 1. The number of rotatable bonds is 6. The van der Waals surface area contributed by atoms with E-state index in [1.807, 2.05) is 36.4 Å². The minimum atomic E-state index is -0.462. The third-order valence-electron chi connectivity index (χ3n) is 3.31. The zero-order valence-corrected chi connectivity index (χ0v) is 14.9. The Morgan fingerprint density at radius 3 is 2.72 bits per heavy atom. The molecule has 0 atom stereocenters. The molecule has 0 fully saturated rings. The van der Waals surface area contributed by atoms with Gasteiger partial charge < -0.3 is 10.5 Å². The van der Waals surface area contributed by atoms with E-state index < -0.39 is 5.91 Å². The summed E-state index contributed by atoms with van der Waals surface area (Å²) in [4.78, 5) is 29.1. The van der Waals surface area contributed by atoms with Crippen molar-refractivity contribution < 1.29 is 14.3 Å². The lowest BCUT2D eigenvalue weighted by atomic mass is 10.2. The quantitative estimate of drug-likeness (QED) is 0.694. The predicted molar refractivity (Wildman–Crippen MR) is 99.3 cm³/mol. The number of nitrogens with one attached hydrogen (secondary N) is 1. The SMILES string of the molecule is COc1cc(-c2ccccc2)sc1C(=O)Nc1nc(CC(N)=O)cs1. The van der Waals surface area contributed by atoms with Crippen molar-refractivity contribution >= 4 is 39.6 Å². The van der Waals surface area contributed by atoms with E-state index in [0.717, 1.165) is 10.4 Å². The van der Waals surface area contributed by atoms with Crippen molar-refractivity contribution in [1.29, 1.82) is 0 Å². The van der Waals surface area contributed by atoms with Crippen LogP contribution in [0.4, 0.5) is 5.13 Å². The van der Waals surface area contributed by atoms with Crippen molar-refractivity contribution in [2.45, 2.75) is 6.42 Å². The molecule has 3 aromatic rings. The summed E-state index contributed by atoms with van der Waals surface area (Å²) in [5, 5.41) is 4.85. The second-order valence-corrected chi connectivity index (χ2v) is 7.03. The fourth-order valence-corrected chi connectivity index (χ4v) is 3.94. The monoisotopic (exact) mass is 373 g/mol. The highest BCUT2D eigenvalue weighted by atomic mass is 32.1. The molecule has 6 nitrogen and oxygen atoms in total. The molecule has 25 heavy (non-hydrogen) atoms. The number of thiazole rings is 1. The number of anilines is 1. The molecule has 1 aromatic carbocycles. The topological polar surface area (TPSA) is 94.3 Å².